The summed E-state index contributed by atoms with van der Waals surface area (Å²) in [5.74, 6) is -1.09. The summed E-state index contributed by atoms with van der Waals surface area (Å²) in [5.41, 5.74) is 0. The molecule has 1 amide bonds. The van der Waals surface area contributed by atoms with Crippen molar-refractivity contribution in [2.45, 2.75) is 18.1 Å². The van der Waals surface area contributed by atoms with E-state index in [0.717, 1.165) is 4.31 Å². The number of carbonyl (C=O) groups excluding carboxylic acids is 1. The van der Waals surface area contributed by atoms with E-state index in [-0.39, 0.29) is 25.9 Å². The molecule has 20 heavy (non-hydrogen) atoms. The maximum absolute atomic E-state index is 12.0. The fourth-order valence-electron chi connectivity index (χ4n) is 2.03. The smallest absolute Gasteiger partial charge is 0.281 e. The van der Waals surface area contributed by atoms with E-state index in [0.29, 0.717) is 0 Å². The Morgan fingerprint density at radius 2 is 1.70 bits per heavy atom. The topological polar surface area (TPSA) is 104 Å². The quantitative estimate of drug-likeness (QED) is 0.656. The molecule has 0 atom stereocenters. The van der Waals surface area contributed by atoms with Crippen molar-refractivity contribution in [1.29, 1.82) is 0 Å². The third-order valence-corrected chi connectivity index (χ3v) is 7.40. The molecule has 1 aliphatic rings. The lowest BCUT2D eigenvalue weighted by Gasteiger charge is -2.32. The Kier molecular flexibility index (Phi) is 5.53. The van der Waals surface area contributed by atoms with Crippen LogP contribution in [0.15, 0.2) is 0 Å². The molecule has 8 nitrogen and oxygen atoms in total. The van der Waals surface area contributed by atoms with Crippen molar-refractivity contribution < 1.29 is 21.6 Å². The standard InChI is InChI=1S/C10H21N3O5S2/c1-11-10(14)8-19(15,16)9-4-6-13(7-5-9)20(17,18)12(2)3/h9H,4-8H2,1-3H3,(H,11,14). The number of rotatable bonds is 5. The van der Waals surface area contributed by atoms with Crippen LogP contribution in [0.4, 0.5) is 0 Å². The van der Waals surface area contributed by atoms with Crippen LogP contribution in [-0.2, 0) is 24.8 Å². The molecule has 1 heterocycles. The first kappa shape index (κ1) is 17.3. The second-order valence-corrected chi connectivity index (χ2v) is 9.29. The first-order chi connectivity index (χ1) is 9.11. The molecule has 1 N–H and O–H groups in total. The molecule has 10 heteroatoms. The van der Waals surface area contributed by atoms with Gasteiger partial charge in [-0.15, -0.1) is 0 Å². The first-order valence-electron chi connectivity index (χ1n) is 6.21. The number of sulfone groups is 1. The Labute approximate surface area is 120 Å². The van der Waals surface area contributed by atoms with Crippen LogP contribution in [0.2, 0.25) is 0 Å². The van der Waals surface area contributed by atoms with Gasteiger partial charge in [-0.1, -0.05) is 0 Å². The van der Waals surface area contributed by atoms with Crippen LogP contribution in [0.25, 0.3) is 0 Å². The van der Waals surface area contributed by atoms with E-state index < -0.39 is 37.0 Å². The lowest BCUT2D eigenvalue weighted by Crippen LogP contribution is -2.47. The van der Waals surface area contributed by atoms with Gasteiger partial charge in [0, 0.05) is 34.2 Å². The van der Waals surface area contributed by atoms with Gasteiger partial charge in [-0.2, -0.15) is 17.0 Å². The summed E-state index contributed by atoms with van der Waals surface area (Å²) in [5, 5.41) is 1.62. The van der Waals surface area contributed by atoms with Crippen molar-refractivity contribution in [1.82, 2.24) is 13.9 Å². The van der Waals surface area contributed by atoms with Gasteiger partial charge in [-0.25, -0.2) is 8.42 Å². The molecule has 0 aliphatic carbocycles. The van der Waals surface area contributed by atoms with Gasteiger partial charge in [-0.3, -0.25) is 4.79 Å². The Morgan fingerprint density at radius 1 is 1.20 bits per heavy atom. The number of nitrogens with zero attached hydrogens (tertiary/aromatic N) is 2. The minimum Gasteiger partial charge on any atom is -0.358 e. The summed E-state index contributed by atoms with van der Waals surface area (Å²) in [6.45, 7) is 0.302. The van der Waals surface area contributed by atoms with Gasteiger partial charge in [0.1, 0.15) is 5.75 Å². The third-order valence-electron chi connectivity index (χ3n) is 3.31. The number of carbonyl (C=O) groups is 1. The highest BCUT2D eigenvalue weighted by Gasteiger charge is 2.35. The fraction of sp³-hybridized carbons (Fsp3) is 0.900. The molecule has 0 radical (unpaired) electrons. The zero-order valence-electron chi connectivity index (χ0n) is 11.9. The van der Waals surface area contributed by atoms with Crippen LogP contribution in [0.3, 0.4) is 0 Å². The monoisotopic (exact) mass is 327 g/mol. The highest BCUT2D eigenvalue weighted by molar-refractivity contribution is 7.92. The zero-order chi connectivity index (χ0) is 15.6. The molecule has 0 unspecified atom stereocenters. The van der Waals surface area contributed by atoms with Gasteiger partial charge < -0.3 is 5.32 Å². The van der Waals surface area contributed by atoms with Crippen molar-refractivity contribution in [3.8, 4) is 0 Å². The summed E-state index contributed by atoms with van der Waals surface area (Å²) >= 11 is 0. The molecule has 0 aromatic carbocycles. The minimum absolute atomic E-state index is 0.151. The van der Waals surface area contributed by atoms with Crippen molar-refractivity contribution in [2.24, 2.45) is 0 Å². The average Bonchev–Trinajstić information content (AvgIpc) is 2.38. The molecule has 0 spiro atoms. The lowest BCUT2D eigenvalue weighted by molar-refractivity contribution is -0.118. The Balaban J connectivity index is 2.70. The van der Waals surface area contributed by atoms with Gasteiger partial charge >= 0.3 is 0 Å². The van der Waals surface area contributed by atoms with E-state index in [1.807, 2.05) is 0 Å². The second kappa shape index (κ2) is 6.37. The highest BCUT2D eigenvalue weighted by atomic mass is 32.2. The number of amides is 1. The molecule has 0 aromatic rings. The number of hydrogen-bond donors (Lipinski definition) is 1. The maximum Gasteiger partial charge on any atom is 0.281 e. The van der Waals surface area contributed by atoms with E-state index in [1.165, 1.54) is 25.4 Å². The Morgan fingerprint density at radius 3 is 2.10 bits per heavy atom. The van der Waals surface area contributed by atoms with Crippen LogP contribution < -0.4 is 5.32 Å². The van der Waals surface area contributed by atoms with Gasteiger partial charge in [0.2, 0.25) is 5.91 Å². The van der Waals surface area contributed by atoms with Crippen LogP contribution in [0.1, 0.15) is 12.8 Å². The van der Waals surface area contributed by atoms with Gasteiger partial charge in [0.15, 0.2) is 9.84 Å². The summed E-state index contributed by atoms with van der Waals surface area (Å²) < 4.78 is 50.2. The van der Waals surface area contributed by atoms with E-state index in [9.17, 15) is 21.6 Å². The Hall–Kier alpha value is -0.710. The van der Waals surface area contributed by atoms with E-state index in [1.54, 1.807) is 0 Å². The maximum atomic E-state index is 12.0. The summed E-state index contributed by atoms with van der Waals surface area (Å²) in [6, 6.07) is 0. The number of nitrogens with one attached hydrogen (secondary N) is 1. The largest absolute Gasteiger partial charge is 0.358 e. The highest BCUT2D eigenvalue weighted by Crippen LogP contribution is 2.21. The zero-order valence-corrected chi connectivity index (χ0v) is 13.5. The van der Waals surface area contributed by atoms with Crippen LogP contribution in [-0.4, -0.2) is 76.6 Å². The number of piperidine rings is 1. The third kappa shape index (κ3) is 3.90. The first-order valence-corrected chi connectivity index (χ1v) is 9.32. The van der Waals surface area contributed by atoms with Crippen LogP contribution in [0.5, 0.6) is 0 Å². The molecular weight excluding hydrogens is 306 g/mol. The second-order valence-electron chi connectivity index (χ2n) is 4.87. The van der Waals surface area contributed by atoms with Crippen molar-refractivity contribution in [2.75, 3.05) is 40.0 Å². The minimum atomic E-state index is -3.53. The summed E-state index contributed by atoms with van der Waals surface area (Å²) in [4.78, 5) is 11.2. The molecule has 1 saturated heterocycles. The Bertz CT molecular complexity index is 547. The summed E-state index contributed by atoms with van der Waals surface area (Å²) in [7, 11) is -2.79. The van der Waals surface area contributed by atoms with Gasteiger partial charge in [-0.05, 0) is 12.8 Å². The molecule has 0 aromatic heterocycles. The van der Waals surface area contributed by atoms with E-state index >= 15 is 0 Å². The van der Waals surface area contributed by atoms with Gasteiger partial charge in [0.25, 0.3) is 10.2 Å². The predicted molar refractivity (Wildman–Crippen MR) is 75.1 cm³/mol. The molecule has 0 bridgehead atoms. The molecule has 1 rings (SSSR count). The van der Waals surface area contributed by atoms with Crippen LogP contribution in [0, 0.1) is 0 Å². The van der Waals surface area contributed by atoms with E-state index in [4.69, 9.17) is 0 Å². The lowest BCUT2D eigenvalue weighted by atomic mass is 10.2. The van der Waals surface area contributed by atoms with Crippen molar-refractivity contribution in [3.05, 3.63) is 0 Å². The van der Waals surface area contributed by atoms with Gasteiger partial charge in [0.05, 0.1) is 5.25 Å². The fourth-order valence-corrected chi connectivity index (χ4v) is 4.83. The molecule has 1 aliphatic heterocycles. The SMILES string of the molecule is CNC(=O)CS(=O)(=O)C1CCN(S(=O)(=O)N(C)C)CC1. The molecule has 0 saturated carbocycles. The van der Waals surface area contributed by atoms with E-state index in [2.05, 4.69) is 5.32 Å². The molecular formula is C10H21N3O5S2. The predicted octanol–water partition coefficient (Wildman–Crippen LogP) is -1.58. The average molecular weight is 327 g/mol. The van der Waals surface area contributed by atoms with Crippen LogP contribution >= 0.6 is 0 Å². The number of hydrogen-bond acceptors (Lipinski definition) is 5. The van der Waals surface area contributed by atoms with Crippen molar-refractivity contribution >= 4 is 26.0 Å². The summed E-state index contributed by atoms with van der Waals surface area (Å²) in [6.07, 6.45) is 0.429. The molecule has 118 valence electrons. The molecule has 1 fully saturated rings. The van der Waals surface area contributed by atoms with Crippen molar-refractivity contribution in [3.63, 3.8) is 0 Å². The normalized spacial score (nSPS) is 19.2.